The predicted molar refractivity (Wildman–Crippen MR) is 122 cm³/mol. The molecule has 0 heterocycles. The number of aliphatic hydroxyl groups is 1. The smallest absolute Gasteiger partial charge is 0.366 e. The van der Waals surface area contributed by atoms with Crippen LogP contribution in [0.1, 0.15) is 59.9 Å². The molecule has 0 amide bonds. The molecule has 1 rings (SSSR count). The Hall–Kier alpha value is -1.66. The Morgan fingerprint density at radius 2 is 1.77 bits per heavy atom. The maximum absolute atomic E-state index is 11.9. The number of aliphatic carboxylic acids is 1. The molecule has 0 bridgehead atoms. The molecular weight excluding hydrogens is 419 g/mol. The van der Waals surface area contributed by atoms with Crippen LogP contribution in [0, 0.1) is 17.3 Å². The lowest BCUT2D eigenvalue weighted by Gasteiger charge is -2.36. The average Bonchev–Trinajstić information content (AvgIpc) is 2.66. The van der Waals surface area contributed by atoms with Crippen molar-refractivity contribution in [3.63, 3.8) is 0 Å². The van der Waals surface area contributed by atoms with E-state index in [4.69, 9.17) is 9.84 Å². The van der Waals surface area contributed by atoms with E-state index in [0.29, 0.717) is 5.75 Å². The van der Waals surface area contributed by atoms with Crippen molar-refractivity contribution in [2.24, 2.45) is 17.3 Å². The number of hydrogen-bond acceptors (Lipinski definition) is 5. The Balaban J connectivity index is 2.59. The standard InChI is InChI=1S/C23H37O7P/c1-7-20(23(4,5)6)21(24)16(2)9-8-10-18-11-13-19(14-12-18)29-15-31(27,28)30-17(3)22(25)26/h8,10-14,16-17,20-21,24H,7,9,15H2,1-6H3,(H,25,26)(H,27,28)/b10-8+/t16-,17+,20+,21-/m1/s1. The maximum Gasteiger partial charge on any atom is 0.366 e. The Bertz CT molecular complexity index is 767. The van der Waals surface area contributed by atoms with Gasteiger partial charge in [0.25, 0.3) is 0 Å². The van der Waals surface area contributed by atoms with Gasteiger partial charge in [-0.25, -0.2) is 4.79 Å². The largest absolute Gasteiger partial charge is 0.481 e. The second-order valence-electron chi connectivity index (χ2n) is 9.05. The summed E-state index contributed by atoms with van der Waals surface area (Å²) < 4.78 is 21.8. The van der Waals surface area contributed by atoms with E-state index >= 15 is 0 Å². The van der Waals surface area contributed by atoms with E-state index in [1.54, 1.807) is 24.3 Å². The molecule has 5 atom stereocenters. The van der Waals surface area contributed by atoms with Crippen LogP contribution < -0.4 is 4.74 Å². The lowest BCUT2D eigenvalue weighted by Crippen LogP contribution is -2.35. The van der Waals surface area contributed by atoms with Gasteiger partial charge in [0.1, 0.15) is 5.75 Å². The number of ether oxygens (including phenoxy) is 1. The van der Waals surface area contributed by atoms with Crippen LogP contribution in [0.5, 0.6) is 5.75 Å². The number of benzene rings is 1. The quantitative estimate of drug-likeness (QED) is 0.372. The normalized spacial score (nSPS) is 18.2. The SMILES string of the molecule is CC[C@@H]([C@H](O)[C@H](C)C/C=C/c1ccc(OCP(=O)(O)O[C@@H](C)C(=O)O)cc1)C(C)(C)C. The second kappa shape index (κ2) is 11.8. The van der Waals surface area contributed by atoms with Crippen molar-refractivity contribution in [3.05, 3.63) is 35.9 Å². The minimum Gasteiger partial charge on any atom is -0.481 e. The van der Waals surface area contributed by atoms with Crippen LogP contribution >= 0.6 is 7.60 Å². The fraction of sp³-hybridized carbons (Fsp3) is 0.609. The summed E-state index contributed by atoms with van der Waals surface area (Å²) in [5.74, 6) is -0.583. The van der Waals surface area contributed by atoms with Gasteiger partial charge < -0.3 is 19.8 Å². The second-order valence-corrected chi connectivity index (χ2v) is 10.8. The van der Waals surface area contributed by atoms with E-state index < -0.39 is 26.0 Å². The van der Waals surface area contributed by atoms with Crippen molar-refractivity contribution >= 4 is 19.6 Å². The van der Waals surface area contributed by atoms with Gasteiger partial charge in [-0.3, -0.25) is 9.09 Å². The minimum absolute atomic E-state index is 0.0528. The van der Waals surface area contributed by atoms with Crippen LogP contribution in [-0.2, 0) is 13.9 Å². The number of carboxylic acid groups (broad SMARTS) is 1. The molecule has 0 saturated heterocycles. The van der Waals surface area contributed by atoms with Gasteiger partial charge in [-0.1, -0.05) is 65.3 Å². The van der Waals surface area contributed by atoms with E-state index in [0.717, 1.165) is 18.4 Å². The highest BCUT2D eigenvalue weighted by molar-refractivity contribution is 7.52. The van der Waals surface area contributed by atoms with Crippen molar-refractivity contribution in [1.29, 1.82) is 0 Å². The summed E-state index contributed by atoms with van der Waals surface area (Å²) in [6.07, 6.45) is 3.26. The highest BCUT2D eigenvalue weighted by Crippen LogP contribution is 2.43. The third kappa shape index (κ3) is 9.56. The van der Waals surface area contributed by atoms with Crippen LogP contribution in [0.4, 0.5) is 0 Å². The molecule has 0 aliphatic heterocycles. The van der Waals surface area contributed by atoms with Gasteiger partial charge in [0.2, 0.25) is 0 Å². The molecule has 0 saturated carbocycles. The number of carbonyl (C=O) groups is 1. The van der Waals surface area contributed by atoms with Crippen LogP contribution in [-0.4, -0.2) is 39.6 Å². The fourth-order valence-electron chi connectivity index (χ4n) is 3.47. The molecule has 0 spiro atoms. The molecule has 1 aromatic carbocycles. The number of hydrogen-bond donors (Lipinski definition) is 3. The van der Waals surface area contributed by atoms with Crippen molar-refractivity contribution in [1.82, 2.24) is 0 Å². The summed E-state index contributed by atoms with van der Waals surface area (Å²) in [5, 5.41) is 19.5. The van der Waals surface area contributed by atoms with Crippen molar-refractivity contribution in [2.75, 3.05) is 6.35 Å². The summed E-state index contributed by atoms with van der Waals surface area (Å²) in [5.41, 5.74) is 0.983. The summed E-state index contributed by atoms with van der Waals surface area (Å²) in [6.45, 7) is 11.8. The molecule has 0 aliphatic carbocycles. The first-order chi connectivity index (χ1) is 14.3. The zero-order chi connectivity index (χ0) is 23.8. The molecule has 1 unspecified atom stereocenters. The summed E-state index contributed by atoms with van der Waals surface area (Å²) in [6, 6.07) is 6.93. The first-order valence-corrected chi connectivity index (χ1v) is 12.3. The predicted octanol–water partition coefficient (Wildman–Crippen LogP) is 5.17. The molecule has 1 aromatic rings. The zero-order valence-electron chi connectivity index (χ0n) is 19.3. The van der Waals surface area contributed by atoms with Crippen LogP contribution in [0.25, 0.3) is 6.08 Å². The summed E-state index contributed by atoms with van der Waals surface area (Å²) >= 11 is 0. The monoisotopic (exact) mass is 456 g/mol. The Morgan fingerprint density at radius 1 is 1.19 bits per heavy atom. The number of carboxylic acids is 1. The van der Waals surface area contributed by atoms with Gasteiger partial charge in [0.15, 0.2) is 12.5 Å². The molecule has 0 fully saturated rings. The Labute approximate surface area is 185 Å². The molecule has 7 nitrogen and oxygen atoms in total. The Kier molecular flexibility index (Phi) is 10.4. The molecule has 0 radical (unpaired) electrons. The van der Waals surface area contributed by atoms with E-state index in [9.17, 15) is 19.4 Å². The highest BCUT2D eigenvalue weighted by atomic mass is 31.2. The van der Waals surface area contributed by atoms with Gasteiger partial charge in [-0.2, -0.15) is 0 Å². The van der Waals surface area contributed by atoms with E-state index in [1.165, 1.54) is 6.92 Å². The van der Waals surface area contributed by atoms with Gasteiger partial charge >= 0.3 is 13.6 Å². The number of rotatable bonds is 12. The first kappa shape index (κ1) is 27.4. The maximum atomic E-state index is 11.9. The van der Waals surface area contributed by atoms with Gasteiger partial charge in [-0.05, 0) is 48.3 Å². The summed E-state index contributed by atoms with van der Waals surface area (Å²) in [4.78, 5) is 20.4. The number of aliphatic hydroxyl groups excluding tert-OH is 1. The lowest BCUT2D eigenvalue weighted by molar-refractivity contribution is -0.144. The van der Waals surface area contributed by atoms with Gasteiger partial charge in [-0.15, -0.1) is 0 Å². The molecule has 8 heteroatoms. The van der Waals surface area contributed by atoms with E-state index in [1.807, 2.05) is 12.2 Å². The van der Waals surface area contributed by atoms with Crippen molar-refractivity contribution in [3.8, 4) is 5.75 Å². The highest BCUT2D eigenvalue weighted by Gasteiger charge is 2.32. The average molecular weight is 457 g/mol. The molecule has 176 valence electrons. The minimum atomic E-state index is -4.18. The van der Waals surface area contributed by atoms with Crippen LogP contribution in [0.2, 0.25) is 0 Å². The van der Waals surface area contributed by atoms with E-state index in [-0.39, 0.29) is 23.4 Å². The zero-order valence-corrected chi connectivity index (χ0v) is 20.2. The lowest BCUT2D eigenvalue weighted by atomic mass is 9.72. The Morgan fingerprint density at radius 3 is 2.26 bits per heavy atom. The molecule has 0 aromatic heterocycles. The molecular formula is C23H37O7P. The molecule has 3 N–H and O–H groups in total. The van der Waals surface area contributed by atoms with Gasteiger partial charge in [0.05, 0.1) is 6.10 Å². The number of allylic oxidation sites excluding steroid dienone is 1. The van der Waals surface area contributed by atoms with Crippen LogP contribution in [0.3, 0.4) is 0 Å². The van der Waals surface area contributed by atoms with Gasteiger partial charge in [0, 0.05) is 0 Å². The topological polar surface area (TPSA) is 113 Å². The third-order valence-corrected chi connectivity index (χ3v) is 6.41. The molecule has 31 heavy (non-hydrogen) atoms. The van der Waals surface area contributed by atoms with Crippen molar-refractivity contribution in [2.45, 2.75) is 66.6 Å². The first-order valence-electron chi connectivity index (χ1n) is 10.6. The van der Waals surface area contributed by atoms with E-state index in [2.05, 4.69) is 39.1 Å². The third-order valence-electron chi connectivity index (χ3n) is 5.31. The molecule has 0 aliphatic rings. The fourth-order valence-corrected chi connectivity index (χ4v) is 4.43. The summed E-state index contributed by atoms with van der Waals surface area (Å²) in [7, 11) is -4.18. The van der Waals surface area contributed by atoms with Crippen LogP contribution in [0.15, 0.2) is 30.3 Å². The van der Waals surface area contributed by atoms with Crippen molar-refractivity contribution < 1.29 is 33.7 Å².